The van der Waals surface area contributed by atoms with Gasteiger partial charge in [-0.05, 0) is 30.7 Å². The number of carbonyl (C=O) groups excluding carboxylic acids is 2. The van der Waals surface area contributed by atoms with E-state index in [4.69, 9.17) is 5.26 Å². The SMILES string of the molecule is CC(=O)NCCN/C=C(/C#N)C(=O)Nc1ccc(O)cc1C. The number of aryl methyl sites for hydroxylation is 1. The lowest BCUT2D eigenvalue weighted by Gasteiger charge is -2.08. The standard InChI is InChI=1S/C15H18N4O3/c1-10-7-13(21)3-4-14(10)19-15(22)12(8-16)9-17-5-6-18-11(2)20/h3-4,7,9,17,21H,5-6H2,1-2H3,(H,18,20)(H,19,22)/b12-9-. The van der Waals surface area contributed by atoms with E-state index in [1.807, 2.05) is 0 Å². The number of amides is 2. The van der Waals surface area contributed by atoms with Crippen LogP contribution in [0, 0.1) is 18.3 Å². The normalized spacial score (nSPS) is 10.5. The smallest absolute Gasteiger partial charge is 0.267 e. The van der Waals surface area contributed by atoms with Gasteiger partial charge in [0.05, 0.1) is 0 Å². The third kappa shape index (κ3) is 5.54. The predicted molar refractivity (Wildman–Crippen MR) is 81.9 cm³/mol. The minimum absolute atomic E-state index is 0.0877. The van der Waals surface area contributed by atoms with Crippen molar-refractivity contribution in [2.45, 2.75) is 13.8 Å². The Hall–Kier alpha value is -3.01. The van der Waals surface area contributed by atoms with Gasteiger partial charge in [0.1, 0.15) is 17.4 Å². The Labute approximate surface area is 128 Å². The number of benzene rings is 1. The average molecular weight is 302 g/mol. The number of anilines is 1. The number of rotatable bonds is 6. The van der Waals surface area contributed by atoms with Gasteiger partial charge in [0.15, 0.2) is 0 Å². The molecule has 0 heterocycles. The van der Waals surface area contributed by atoms with Gasteiger partial charge in [-0.25, -0.2) is 0 Å². The molecule has 0 bridgehead atoms. The van der Waals surface area contributed by atoms with E-state index in [2.05, 4.69) is 16.0 Å². The first-order valence-electron chi connectivity index (χ1n) is 6.63. The van der Waals surface area contributed by atoms with Crippen molar-refractivity contribution in [1.82, 2.24) is 10.6 Å². The van der Waals surface area contributed by atoms with E-state index >= 15 is 0 Å². The largest absolute Gasteiger partial charge is 0.508 e. The van der Waals surface area contributed by atoms with Crippen LogP contribution in [0.2, 0.25) is 0 Å². The number of phenolic OH excluding ortho intramolecular Hbond substituents is 1. The highest BCUT2D eigenvalue weighted by atomic mass is 16.3. The molecule has 0 aliphatic heterocycles. The van der Waals surface area contributed by atoms with Crippen molar-refractivity contribution in [3.63, 3.8) is 0 Å². The van der Waals surface area contributed by atoms with Crippen molar-refractivity contribution in [1.29, 1.82) is 5.26 Å². The molecule has 1 aromatic rings. The van der Waals surface area contributed by atoms with Crippen LogP contribution in [0.25, 0.3) is 0 Å². The van der Waals surface area contributed by atoms with Crippen LogP contribution >= 0.6 is 0 Å². The zero-order valence-electron chi connectivity index (χ0n) is 12.4. The Morgan fingerprint density at radius 3 is 2.68 bits per heavy atom. The number of hydrogen-bond acceptors (Lipinski definition) is 5. The maximum Gasteiger partial charge on any atom is 0.267 e. The van der Waals surface area contributed by atoms with E-state index in [1.165, 1.54) is 25.3 Å². The molecule has 22 heavy (non-hydrogen) atoms. The van der Waals surface area contributed by atoms with Gasteiger partial charge in [0.2, 0.25) is 5.91 Å². The van der Waals surface area contributed by atoms with Crippen LogP contribution in [-0.2, 0) is 9.59 Å². The first-order valence-corrected chi connectivity index (χ1v) is 6.63. The lowest BCUT2D eigenvalue weighted by atomic mass is 10.2. The summed E-state index contributed by atoms with van der Waals surface area (Å²) in [5.41, 5.74) is 1.11. The molecular formula is C15H18N4O3. The fourth-order valence-electron chi connectivity index (χ4n) is 1.61. The Morgan fingerprint density at radius 1 is 1.36 bits per heavy atom. The van der Waals surface area contributed by atoms with Crippen LogP contribution in [0.5, 0.6) is 5.75 Å². The Balaban J connectivity index is 2.60. The monoisotopic (exact) mass is 302 g/mol. The van der Waals surface area contributed by atoms with Gasteiger partial charge < -0.3 is 21.1 Å². The highest BCUT2D eigenvalue weighted by Crippen LogP contribution is 2.20. The molecule has 0 spiro atoms. The molecule has 0 aromatic heterocycles. The predicted octanol–water partition coefficient (Wildman–Crippen LogP) is 0.772. The van der Waals surface area contributed by atoms with Crippen molar-refractivity contribution >= 4 is 17.5 Å². The number of aromatic hydroxyl groups is 1. The number of nitrogens with zero attached hydrogens (tertiary/aromatic N) is 1. The summed E-state index contributed by atoms with van der Waals surface area (Å²) >= 11 is 0. The first-order chi connectivity index (χ1) is 10.4. The molecule has 0 saturated carbocycles. The van der Waals surface area contributed by atoms with E-state index in [-0.39, 0.29) is 17.2 Å². The Kier molecular flexibility index (Phi) is 6.44. The summed E-state index contributed by atoms with van der Waals surface area (Å²) in [4.78, 5) is 22.7. The average Bonchev–Trinajstić information content (AvgIpc) is 2.45. The molecule has 0 aliphatic carbocycles. The van der Waals surface area contributed by atoms with Crippen LogP contribution < -0.4 is 16.0 Å². The maximum atomic E-state index is 12.0. The first kappa shape index (κ1) is 17.0. The minimum atomic E-state index is -0.552. The van der Waals surface area contributed by atoms with Crippen LogP contribution in [0.15, 0.2) is 30.0 Å². The van der Waals surface area contributed by atoms with Crippen molar-refractivity contribution in [3.8, 4) is 11.8 Å². The van der Waals surface area contributed by atoms with E-state index in [9.17, 15) is 14.7 Å². The fraction of sp³-hybridized carbons (Fsp3) is 0.267. The van der Waals surface area contributed by atoms with Crippen LogP contribution in [0.4, 0.5) is 5.69 Å². The zero-order chi connectivity index (χ0) is 16.5. The van der Waals surface area contributed by atoms with Crippen molar-refractivity contribution in [3.05, 3.63) is 35.5 Å². The summed E-state index contributed by atoms with van der Waals surface area (Å²) in [7, 11) is 0. The van der Waals surface area contributed by atoms with Crippen molar-refractivity contribution in [2.24, 2.45) is 0 Å². The summed E-state index contributed by atoms with van der Waals surface area (Å²) in [6.45, 7) is 3.93. The van der Waals surface area contributed by atoms with E-state index in [0.29, 0.717) is 24.3 Å². The zero-order valence-corrected chi connectivity index (χ0v) is 12.4. The number of nitriles is 1. The molecule has 2 amide bonds. The van der Waals surface area contributed by atoms with Gasteiger partial charge in [-0.3, -0.25) is 9.59 Å². The third-order valence-corrected chi connectivity index (χ3v) is 2.71. The molecule has 0 saturated heterocycles. The van der Waals surface area contributed by atoms with Crippen LogP contribution in [-0.4, -0.2) is 30.0 Å². The van der Waals surface area contributed by atoms with Gasteiger partial charge in [-0.15, -0.1) is 0 Å². The molecule has 0 atom stereocenters. The van der Waals surface area contributed by atoms with Crippen LogP contribution in [0.3, 0.4) is 0 Å². The van der Waals surface area contributed by atoms with Gasteiger partial charge >= 0.3 is 0 Å². The summed E-state index contributed by atoms with van der Waals surface area (Å²) < 4.78 is 0. The summed E-state index contributed by atoms with van der Waals surface area (Å²) in [6.07, 6.45) is 1.30. The van der Waals surface area contributed by atoms with E-state index < -0.39 is 5.91 Å². The molecule has 7 nitrogen and oxygen atoms in total. The van der Waals surface area contributed by atoms with E-state index in [0.717, 1.165) is 0 Å². The molecule has 4 N–H and O–H groups in total. The molecule has 1 rings (SSSR count). The second kappa shape index (κ2) is 8.32. The number of hydrogen-bond donors (Lipinski definition) is 4. The maximum absolute atomic E-state index is 12.0. The number of carbonyl (C=O) groups is 2. The second-order valence-electron chi connectivity index (χ2n) is 4.56. The number of nitrogens with one attached hydrogen (secondary N) is 3. The molecule has 0 aliphatic rings. The molecule has 0 unspecified atom stereocenters. The molecule has 0 radical (unpaired) electrons. The number of phenols is 1. The second-order valence-corrected chi connectivity index (χ2v) is 4.56. The highest BCUT2D eigenvalue weighted by Gasteiger charge is 2.10. The Bertz CT molecular complexity index is 632. The quantitative estimate of drug-likeness (QED) is 0.268. The van der Waals surface area contributed by atoms with Gasteiger partial charge in [0.25, 0.3) is 5.91 Å². The topological polar surface area (TPSA) is 114 Å². The third-order valence-electron chi connectivity index (χ3n) is 2.71. The lowest BCUT2D eigenvalue weighted by molar-refractivity contribution is -0.119. The Morgan fingerprint density at radius 2 is 2.09 bits per heavy atom. The van der Waals surface area contributed by atoms with Crippen molar-refractivity contribution < 1.29 is 14.7 Å². The summed E-state index contributed by atoms with van der Waals surface area (Å²) in [5, 5.41) is 26.3. The summed E-state index contributed by atoms with van der Waals surface area (Å²) in [5.74, 6) is -0.596. The molecular weight excluding hydrogens is 284 g/mol. The van der Waals surface area contributed by atoms with Crippen LogP contribution in [0.1, 0.15) is 12.5 Å². The van der Waals surface area contributed by atoms with Gasteiger partial charge in [-0.2, -0.15) is 5.26 Å². The van der Waals surface area contributed by atoms with Crippen molar-refractivity contribution in [2.75, 3.05) is 18.4 Å². The molecule has 1 aromatic carbocycles. The van der Waals surface area contributed by atoms with Gasteiger partial charge in [0, 0.05) is 31.9 Å². The highest BCUT2D eigenvalue weighted by molar-refractivity contribution is 6.06. The fourth-order valence-corrected chi connectivity index (χ4v) is 1.61. The minimum Gasteiger partial charge on any atom is -0.508 e. The van der Waals surface area contributed by atoms with E-state index in [1.54, 1.807) is 19.1 Å². The molecule has 116 valence electrons. The molecule has 0 fully saturated rings. The lowest BCUT2D eigenvalue weighted by Crippen LogP contribution is -2.28. The van der Waals surface area contributed by atoms with Gasteiger partial charge in [-0.1, -0.05) is 0 Å². The molecule has 7 heteroatoms. The summed E-state index contributed by atoms with van der Waals surface area (Å²) in [6, 6.07) is 6.32.